The Labute approximate surface area is 125 Å². The fourth-order valence-electron chi connectivity index (χ4n) is 1.73. The largest absolute Gasteiger partial charge is 0.468 e. The number of sulfonamides is 1. The summed E-state index contributed by atoms with van der Waals surface area (Å²) in [7, 11) is -3.73. The molecule has 6 nitrogen and oxygen atoms in total. The maximum absolute atomic E-state index is 12.6. The molecule has 0 spiro atoms. The van der Waals surface area contributed by atoms with Crippen molar-refractivity contribution in [2.45, 2.75) is 25.0 Å². The van der Waals surface area contributed by atoms with Gasteiger partial charge in [-0.1, -0.05) is 6.92 Å². The number of hydrogen-bond donors (Lipinski definition) is 1. The van der Waals surface area contributed by atoms with E-state index in [-0.39, 0.29) is 35.0 Å². The SMILES string of the molecule is CCN(Cc1ccco1)S(=O)(=O)c1cc(CO)oc1Br. The van der Waals surface area contributed by atoms with Crippen LogP contribution in [0.25, 0.3) is 0 Å². The molecule has 20 heavy (non-hydrogen) atoms. The van der Waals surface area contributed by atoms with Crippen molar-refractivity contribution in [2.24, 2.45) is 0 Å². The van der Waals surface area contributed by atoms with Gasteiger partial charge in [-0.25, -0.2) is 8.42 Å². The van der Waals surface area contributed by atoms with Crippen LogP contribution < -0.4 is 0 Å². The average molecular weight is 364 g/mol. The van der Waals surface area contributed by atoms with Crippen molar-refractivity contribution < 1.29 is 22.4 Å². The first-order valence-electron chi connectivity index (χ1n) is 5.90. The normalized spacial score (nSPS) is 12.2. The summed E-state index contributed by atoms with van der Waals surface area (Å²) in [4.78, 5) is -0.00467. The smallest absolute Gasteiger partial charge is 0.247 e. The lowest BCUT2D eigenvalue weighted by Gasteiger charge is -2.18. The molecule has 1 N–H and O–H groups in total. The van der Waals surface area contributed by atoms with E-state index in [2.05, 4.69) is 15.9 Å². The summed E-state index contributed by atoms with van der Waals surface area (Å²) in [5.41, 5.74) is 0. The van der Waals surface area contributed by atoms with Gasteiger partial charge in [0.25, 0.3) is 0 Å². The summed E-state index contributed by atoms with van der Waals surface area (Å²) < 4.78 is 36.7. The fraction of sp³-hybridized carbons (Fsp3) is 0.333. The molecule has 0 bridgehead atoms. The van der Waals surface area contributed by atoms with Gasteiger partial charge in [0.15, 0.2) is 4.67 Å². The van der Waals surface area contributed by atoms with Crippen molar-refractivity contribution in [1.82, 2.24) is 4.31 Å². The number of aliphatic hydroxyl groups is 1. The molecule has 2 aromatic rings. The van der Waals surface area contributed by atoms with Crippen LogP contribution in [0.2, 0.25) is 0 Å². The number of rotatable bonds is 6. The van der Waals surface area contributed by atoms with Crippen LogP contribution in [-0.4, -0.2) is 24.4 Å². The third-order valence-electron chi connectivity index (χ3n) is 2.75. The van der Waals surface area contributed by atoms with Crippen LogP contribution in [0.15, 0.2) is 42.9 Å². The van der Waals surface area contributed by atoms with Crippen molar-refractivity contribution in [2.75, 3.05) is 6.54 Å². The molecule has 0 atom stereocenters. The first kappa shape index (κ1) is 15.3. The molecule has 8 heteroatoms. The molecule has 0 saturated heterocycles. The Balaban J connectivity index is 2.33. The number of aliphatic hydroxyl groups excluding tert-OH is 1. The van der Waals surface area contributed by atoms with Crippen LogP contribution in [0.4, 0.5) is 0 Å². The van der Waals surface area contributed by atoms with Gasteiger partial charge in [-0.2, -0.15) is 4.31 Å². The highest BCUT2D eigenvalue weighted by molar-refractivity contribution is 9.10. The summed E-state index contributed by atoms with van der Waals surface area (Å²) in [5, 5.41) is 9.01. The molecule has 0 radical (unpaired) electrons. The molecule has 0 saturated carbocycles. The Hall–Kier alpha value is -1.09. The summed E-state index contributed by atoms with van der Waals surface area (Å²) in [6, 6.07) is 4.72. The van der Waals surface area contributed by atoms with Gasteiger partial charge in [0, 0.05) is 12.6 Å². The summed E-state index contributed by atoms with van der Waals surface area (Å²) in [5.74, 6) is 0.738. The lowest BCUT2D eigenvalue weighted by molar-refractivity contribution is 0.245. The third-order valence-corrected chi connectivity index (χ3v) is 5.52. The average Bonchev–Trinajstić information content (AvgIpc) is 3.04. The zero-order chi connectivity index (χ0) is 14.8. The minimum absolute atomic E-state index is 0.00467. The maximum atomic E-state index is 12.6. The van der Waals surface area contributed by atoms with E-state index < -0.39 is 10.0 Å². The van der Waals surface area contributed by atoms with Gasteiger partial charge < -0.3 is 13.9 Å². The quantitative estimate of drug-likeness (QED) is 0.851. The van der Waals surface area contributed by atoms with Crippen molar-refractivity contribution in [3.63, 3.8) is 0 Å². The molecule has 0 aliphatic rings. The Bertz CT molecular complexity index is 662. The summed E-state index contributed by atoms with van der Waals surface area (Å²) >= 11 is 3.06. The molecule has 0 aliphatic carbocycles. The Kier molecular flexibility index (Phi) is 4.69. The number of nitrogens with zero attached hydrogens (tertiary/aromatic N) is 1. The van der Waals surface area contributed by atoms with E-state index >= 15 is 0 Å². The van der Waals surface area contributed by atoms with Crippen LogP contribution in [0.5, 0.6) is 0 Å². The fourth-order valence-corrected chi connectivity index (χ4v) is 4.11. The first-order chi connectivity index (χ1) is 9.48. The number of furan rings is 2. The minimum Gasteiger partial charge on any atom is -0.468 e. The highest BCUT2D eigenvalue weighted by atomic mass is 79.9. The Morgan fingerprint density at radius 3 is 2.65 bits per heavy atom. The lowest BCUT2D eigenvalue weighted by Crippen LogP contribution is -2.30. The second-order valence-corrected chi connectivity index (χ2v) is 6.65. The van der Waals surface area contributed by atoms with Gasteiger partial charge in [-0.3, -0.25) is 0 Å². The number of halogens is 1. The van der Waals surface area contributed by atoms with E-state index in [1.807, 2.05) is 0 Å². The maximum Gasteiger partial charge on any atom is 0.247 e. The predicted molar refractivity (Wildman–Crippen MR) is 74.3 cm³/mol. The molecular weight excluding hydrogens is 350 g/mol. The topological polar surface area (TPSA) is 83.9 Å². The molecule has 0 aromatic carbocycles. The van der Waals surface area contributed by atoms with Gasteiger partial charge in [-0.05, 0) is 28.1 Å². The zero-order valence-electron chi connectivity index (χ0n) is 10.7. The highest BCUT2D eigenvalue weighted by Crippen LogP contribution is 2.29. The number of hydrogen-bond acceptors (Lipinski definition) is 5. The molecule has 0 unspecified atom stereocenters. The van der Waals surface area contributed by atoms with Crippen molar-refractivity contribution in [1.29, 1.82) is 0 Å². The molecule has 110 valence electrons. The summed E-state index contributed by atoms with van der Waals surface area (Å²) in [6.07, 6.45) is 1.49. The van der Waals surface area contributed by atoms with Crippen LogP contribution >= 0.6 is 15.9 Å². The summed E-state index contributed by atoms with van der Waals surface area (Å²) in [6.45, 7) is 1.80. The molecule has 2 aromatic heterocycles. The van der Waals surface area contributed by atoms with Gasteiger partial charge in [0.2, 0.25) is 10.0 Å². The van der Waals surface area contributed by atoms with Crippen LogP contribution in [-0.2, 0) is 23.2 Å². The van der Waals surface area contributed by atoms with E-state index in [1.54, 1.807) is 19.1 Å². The first-order valence-corrected chi connectivity index (χ1v) is 8.14. The van der Waals surface area contributed by atoms with Gasteiger partial charge in [-0.15, -0.1) is 0 Å². The van der Waals surface area contributed by atoms with Gasteiger partial charge in [0.05, 0.1) is 12.8 Å². The molecular formula is C12H14BrNO5S. The predicted octanol–water partition coefficient (Wildman–Crippen LogP) is 2.34. The molecule has 2 rings (SSSR count). The molecule has 0 aliphatic heterocycles. The standard InChI is InChI=1S/C12H14BrNO5S/c1-2-14(7-9-4-3-5-18-9)20(16,17)11-6-10(8-15)19-12(11)13/h3-6,15H,2,7-8H2,1H3. The van der Waals surface area contributed by atoms with E-state index in [0.29, 0.717) is 5.76 Å². The monoisotopic (exact) mass is 363 g/mol. The minimum atomic E-state index is -3.73. The molecule has 0 amide bonds. The third kappa shape index (κ3) is 2.98. The molecule has 0 fully saturated rings. The Morgan fingerprint density at radius 2 is 2.15 bits per heavy atom. The van der Waals surface area contributed by atoms with Crippen LogP contribution in [0, 0.1) is 0 Å². The van der Waals surface area contributed by atoms with Gasteiger partial charge in [0.1, 0.15) is 23.0 Å². The van der Waals surface area contributed by atoms with Crippen LogP contribution in [0.1, 0.15) is 18.4 Å². The van der Waals surface area contributed by atoms with Crippen molar-refractivity contribution >= 4 is 26.0 Å². The molecule has 2 heterocycles. The lowest BCUT2D eigenvalue weighted by atomic mass is 10.4. The second kappa shape index (κ2) is 6.13. The zero-order valence-corrected chi connectivity index (χ0v) is 13.1. The van der Waals surface area contributed by atoms with Crippen molar-refractivity contribution in [3.05, 3.63) is 40.7 Å². The highest BCUT2D eigenvalue weighted by Gasteiger charge is 2.29. The second-order valence-electron chi connectivity index (χ2n) is 4.02. The Morgan fingerprint density at radius 1 is 1.40 bits per heavy atom. The van der Waals surface area contributed by atoms with E-state index in [9.17, 15) is 8.42 Å². The van der Waals surface area contributed by atoms with Crippen LogP contribution in [0.3, 0.4) is 0 Å². The van der Waals surface area contributed by atoms with E-state index in [4.69, 9.17) is 13.9 Å². The van der Waals surface area contributed by atoms with Gasteiger partial charge >= 0.3 is 0 Å². The van der Waals surface area contributed by atoms with E-state index in [1.165, 1.54) is 16.6 Å². The van der Waals surface area contributed by atoms with E-state index in [0.717, 1.165) is 0 Å². The van der Waals surface area contributed by atoms with Crippen molar-refractivity contribution in [3.8, 4) is 0 Å².